The van der Waals surface area contributed by atoms with E-state index >= 15 is 0 Å². The zero-order chi connectivity index (χ0) is 19.0. The SMILES string of the molecule is CSCC(O)(Cn1cncn1)C(F)(F)C(F)(F)C(F)(F)C(F)(F)F. The Balaban J connectivity index is 3.38. The van der Waals surface area contributed by atoms with Crippen molar-refractivity contribution in [1.29, 1.82) is 0 Å². The third-order valence-corrected chi connectivity index (χ3v) is 3.77. The molecule has 0 fully saturated rings. The summed E-state index contributed by atoms with van der Waals surface area (Å²) in [5.41, 5.74) is -3.96. The van der Waals surface area contributed by atoms with Gasteiger partial charge in [0.1, 0.15) is 12.7 Å². The van der Waals surface area contributed by atoms with Crippen molar-refractivity contribution in [2.45, 2.75) is 36.1 Å². The Morgan fingerprint density at radius 2 is 1.50 bits per heavy atom. The Bertz CT molecular complexity index is 548. The van der Waals surface area contributed by atoms with Gasteiger partial charge in [-0.3, -0.25) is 0 Å². The van der Waals surface area contributed by atoms with Gasteiger partial charge in [-0.1, -0.05) is 0 Å². The third-order valence-electron chi connectivity index (χ3n) is 3.00. The molecule has 0 saturated carbocycles. The van der Waals surface area contributed by atoms with Gasteiger partial charge in [-0.25, -0.2) is 9.67 Å². The van der Waals surface area contributed by atoms with E-state index in [-0.39, 0.29) is 0 Å². The topological polar surface area (TPSA) is 50.9 Å². The van der Waals surface area contributed by atoms with E-state index in [0.717, 1.165) is 12.6 Å². The fourth-order valence-corrected chi connectivity index (χ4v) is 2.47. The quantitative estimate of drug-likeness (QED) is 0.727. The van der Waals surface area contributed by atoms with Crippen LogP contribution in [0.4, 0.5) is 39.5 Å². The number of halogens is 9. The number of thioether (sulfide) groups is 1. The molecule has 4 nitrogen and oxygen atoms in total. The maximum atomic E-state index is 14.0. The molecule has 1 heterocycles. The summed E-state index contributed by atoms with van der Waals surface area (Å²) in [6, 6.07) is 0. The van der Waals surface area contributed by atoms with Gasteiger partial charge in [0.05, 0.1) is 6.54 Å². The predicted octanol–water partition coefficient (Wildman–Crippen LogP) is 2.84. The van der Waals surface area contributed by atoms with Gasteiger partial charge in [0.25, 0.3) is 0 Å². The van der Waals surface area contributed by atoms with E-state index < -0.39 is 41.8 Å². The largest absolute Gasteiger partial charge is 0.460 e. The molecular formula is C10H10F9N3OS. The Morgan fingerprint density at radius 1 is 0.958 bits per heavy atom. The summed E-state index contributed by atoms with van der Waals surface area (Å²) >= 11 is 0.341. The van der Waals surface area contributed by atoms with E-state index in [2.05, 4.69) is 10.1 Å². The normalized spacial score (nSPS) is 17.0. The molecule has 24 heavy (non-hydrogen) atoms. The zero-order valence-corrected chi connectivity index (χ0v) is 12.5. The smallest absolute Gasteiger partial charge is 0.381 e. The minimum Gasteiger partial charge on any atom is -0.381 e. The van der Waals surface area contributed by atoms with Crippen LogP contribution in [-0.4, -0.2) is 61.4 Å². The van der Waals surface area contributed by atoms with Crippen molar-refractivity contribution < 1.29 is 44.6 Å². The lowest BCUT2D eigenvalue weighted by molar-refractivity contribution is -0.415. The molecule has 0 radical (unpaired) electrons. The van der Waals surface area contributed by atoms with Crippen molar-refractivity contribution in [1.82, 2.24) is 14.8 Å². The fraction of sp³-hybridized carbons (Fsp3) is 0.800. The summed E-state index contributed by atoms with van der Waals surface area (Å²) in [6.45, 7) is -1.48. The zero-order valence-electron chi connectivity index (χ0n) is 11.7. The number of nitrogens with zero attached hydrogens (tertiary/aromatic N) is 3. The summed E-state index contributed by atoms with van der Waals surface area (Å²) < 4.78 is 118. The van der Waals surface area contributed by atoms with Gasteiger partial charge in [-0.2, -0.15) is 56.4 Å². The molecule has 1 atom stereocenters. The second-order valence-electron chi connectivity index (χ2n) is 4.78. The number of hydrogen-bond acceptors (Lipinski definition) is 4. The van der Waals surface area contributed by atoms with Crippen LogP contribution in [0.2, 0.25) is 0 Å². The molecule has 1 aromatic heterocycles. The van der Waals surface area contributed by atoms with E-state index in [1.54, 1.807) is 0 Å². The molecule has 1 unspecified atom stereocenters. The van der Waals surface area contributed by atoms with Gasteiger partial charge in [-0.15, -0.1) is 0 Å². The van der Waals surface area contributed by atoms with Gasteiger partial charge in [0, 0.05) is 5.75 Å². The molecule has 14 heteroatoms. The average molecular weight is 391 g/mol. The van der Waals surface area contributed by atoms with Crippen LogP contribution in [0.15, 0.2) is 12.7 Å². The van der Waals surface area contributed by atoms with E-state index in [0.29, 0.717) is 22.8 Å². The van der Waals surface area contributed by atoms with Crippen LogP contribution in [0.5, 0.6) is 0 Å². The van der Waals surface area contributed by atoms with Gasteiger partial charge in [0.2, 0.25) is 0 Å². The predicted molar refractivity (Wildman–Crippen MR) is 64.2 cm³/mol. The number of alkyl halides is 9. The Kier molecular flexibility index (Phi) is 5.46. The summed E-state index contributed by atoms with van der Waals surface area (Å²) in [7, 11) is 0. The number of aliphatic hydroxyl groups is 1. The fourth-order valence-electron chi connectivity index (χ4n) is 1.72. The van der Waals surface area contributed by atoms with E-state index in [4.69, 9.17) is 0 Å². The molecule has 0 aliphatic carbocycles. The van der Waals surface area contributed by atoms with Crippen molar-refractivity contribution >= 4 is 11.8 Å². The van der Waals surface area contributed by atoms with Crippen LogP contribution in [0.1, 0.15) is 0 Å². The molecule has 0 spiro atoms. The lowest BCUT2D eigenvalue weighted by Gasteiger charge is -2.42. The highest BCUT2D eigenvalue weighted by Gasteiger charge is 2.85. The van der Waals surface area contributed by atoms with Crippen molar-refractivity contribution in [3.05, 3.63) is 12.7 Å². The average Bonchev–Trinajstić information content (AvgIpc) is 2.89. The first kappa shape index (κ1) is 20.9. The first-order valence-electron chi connectivity index (χ1n) is 5.88. The molecule has 1 aromatic rings. The van der Waals surface area contributed by atoms with Crippen LogP contribution in [-0.2, 0) is 6.54 Å². The number of hydrogen-bond donors (Lipinski definition) is 1. The lowest BCUT2D eigenvalue weighted by atomic mass is 9.88. The molecule has 0 aromatic carbocycles. The van der Waals surface area contributed by atoms with Gasteiger partial charge in [-0.05, 0) is 6.26 Å². The van der Waals surface area contributed by atoms with Crippen LogP contribution in [0.3, 0.4) is 0 Å². The third kappa shape index (κ3) is 3.17. The van der Waals surface area contributed by atoms with Crippen molar-refractivity contribution in [3.8, 4) is 0 Å². The van der Waals surface area contributed by atoms with E-state index in [1.165, 1.54) is 0 Å². The second kappa shape index (κ2) is 6.28. The molecule has 0 aliphatic heterocycles. The Labute approximate surface area is 133 Å². The molecule has 0 amide bonds. The van der Waals surface area contributed by atoms with Gasteiger partial charge < -0.3 is 5.11 Å². The maximum absolute atomic E-state index is 14.0. The molecule has 0 aliphatic rings. The van der Waals surface area contributed by atoms with Crippen LogP contribution in [0, 0.1) is 0 Å². The highest BCUT2D eigenvalue weighted by Crippen LogP contribution is 2.56. The highest BCUT2D eigenvalue weighted by atomic mass is 32.2. The van der Waals surface area contributed by atoms with Crippen LogP contribution in [0.25, 0.3) is 0 Å². The van der Waals surface area contributed by atoms with E-state index in [9.17, 15) is 44.6 Å². The Morgan fingerprint density at radius 3 is 1.88 bits per heavy atom. The minimum absolute atomic E-state index is 0.341. The molecule has 1 rings (SSSR count). The summed E-state index contributed by atoms with van der Waals surface area (Å²) in [6.07, 6.45) is -4.43. The first-order valence-corrected chi connectivity index (χ1v) is 7.27. The standard InChI is InChI=1S/C10H10F9N3OS/c1-24-3-6(23,2-22-5-20-4-21-22)7(11,12)8(13,14)9(15,16)10(17,18)19/h4-5,23H,2-3H2,1H3. The number of aromatic nitrogens is 3. The van der Waals surface area contributed by atoms with Crippen molar-refractivity contribution in [2.75, 3.05) is 12.0 Å². The minimum atomic E-state index is -7.07. The summed E-state index contributed by atoms with van der Waals surface area (Å²) in [4.78, 5) is 3.27. The summed E-state index contributed by atoms with van der Waals surface area (Å²) in [5.74, 6) is -21.4. The van der Waals surface area contributed by atoms with Gasteiger partial charge in [0.15, 0.2) is 5.60 Å². The van der Waals surface area contributed by atoms with Gasteiger partial charge >= 0.3 is 23.9 Å². The summed E-state index contributed by atoms with van der Waals surface area (Å²) in [5, 5.41) is 13.1. The maximum Gasteiger partial charge on any atom is 0.460 e. The molecular weight excluding hydrogens is 381 g/mol. The van der Waals surface area contributed by atoms with Crippen molar-refractivity contribution in [3.63, 3.8) is 0 Å². The highest BCUT2D eigenvalue weighted by molar-refractivity contribution is 7.98. The molecule has 140 valence electrons. The number of rotatable bonds is 7. The van der Waals surface area contributed by atoms with Crippen LogP contribution < -0.4 is 0 Å². The Hall–Kier alpha value is -1.18. The first-order chi connectivity index (χ1) is 10.6. The molecule has 0 saturated heterocycles. The second-order valence-corrected chi connectivity index (χ2v) is 5.64. The van der Waals surface area contributed by atoms with E-state index in [1.807, 2.05) is 0 Å². The van der Waals surface area contributed by atoms with Crippen molar-refractivity contribution in [2.24, 2.45) is 0 Å². The lowest BCUT2D eigenvalue weighted by Crippen LogP contribution is -2.70. The monoisotopic (exact) mass is 391 g/mol. The molecule has 1 N–H and O–H groups in total. The molecule has 0 bridgehead atoms. The van der Waals surface area contributed by atoms with Crippen LogP contribution >= 0.6 is 11.8 Å².